The molecule has 3 nitrogen and oxygen atoms in total. The summed E-state index contributed by atoms with van der Waals surface area (Å²) >= 11 is 1.93. The van der Waals surface area contributed by atoms with Crippen LogP contribution in [0.5, 0.6) is 0 Å². The summed E-state index contributed by atoms with van der Waals surface area (Å²) in [5, 5.41) is 0. The lowest BCUT2D eigenvalue weighted by molar-refractivity contribution is 0.629. The van der Waals surface area contributed by atoms with Gasteiger partial charge in [-0.05, 0) is 64.6 Å². The van der Waals surface area contributed by atoms with Crippen molar-refractivity contribution in [2.24, 2.45) is 5.92 Å². The lowest BCUT2D eigenvalue weighted by atomic mass is 9.81. The van der Waals surface area contributed by atoms with Gasteiger partial charge in [-0.1, -0.05) is 50.2 Å². The molecule has 3 heterocycles. The standard InChI is InChI=1S/C24H23N3S/c1-3-4-6-16-8-9-18-21(12-16)28-22-13-17(11-15(2)23(18)22)20-14-26-19-7-5-10-25-24(19)27-20/h5,7-15,23H,3-4,6H2,1-2H3. The van der Waals surface area contributed by atoms with E-state index in [-0.39, 0.29) is 0 Å². The van der Waals surface area contributed by atoms with Crippen molar-refractivity contribution in [1.29, 1.82) is 0 Å². The van der Waals surface area contributed by atoms with Crippen molar-refractivity contribution in [3.63, 3.8) is 0 Å². The Hall–Kier alpha value is -2.46. The Bertz CT molecular complexity index is 1120. The molecule has 1 aromatic carbocycles. The topological polar surface area (TPSA) is 38.7 Å². The van der Waals surface area contributed by atoms with Gasteiger partial charge >= 0.3 is 0 Å². The van der Waals surface area contributed by atoms with Gasteiger partial charge in [-0.25, -0.2) is 9.97 Å². The highest BCUT2D eigenvalue weighted by molar-refractivity contribution is 8.03. The molecule has 0 fully saturated rings. The minimum atomic E-state index is 0.437. The second-order valence-corrected chi connectivity index (χ2v) is 8.80. The molecule has 0 amide bonds. The number of thioether (sulfide) groups is 1. The molecule has 0 saturated carbocycles. The molecule has 1 aliphatic carbocycles. The molecule has 2 aliphatic rings. The first kappa shape index (κ1) is 17.6. The summed E-state index contributed by atoms with van der Waals surface area (Å²) in [6.45, 7) is 4.56. The molecule has 0 spiro atoms. The van der Waals surface area contributed by atoms with Crippen LogP contribution in [0.3, 0.4) is 0 Å². The van der Waals surface area contributed by atoms with Crippen LogP contribution < -0.4 is 0 Å². The number of hydrogen-bond donors (Lipinski definition) is 0. The number of rotatable bonds is 4. The fourth-order valence-corrected chi connectivity index (χ4v) is 5.63. The molecule has 2 unspecified atom stereocenters. The largest absolute Gasteiger partial charge is 0.251 e. The van der Waals surface area contributed by atoms with Crippen LogP contribution in [-0.4, -0.2) is 15.0 Å². The van der Waals surface area contributed by atoms with Gasteiger partial charge in [-0.2, -0.15) is 0 Å². The van der Waals surface area contributed by atoms with E-state index in [0.29, 0.717) is 17.5 Å². The van der Waals surface area contributed by atoms with Crippen molar-refractivity contribution in [2.45, 2.75) is 43.9 Å². The summed E-state index contributed by atoms with van der Waals surface area (Å²) in [6, 6.07) is 10.9. The Morgan fingerprint density at radius 3 is 2.96 bits per heavy atom. The number of nitrogens with zero attached hydrogens (tertiary/aromatic N) is 3. The SMILES string of the molecule is CCCCc1ccc2c(c1)SC1=CC(c3cnc4cccnc4n3)=CC(C)C12. The van der Waals surface area contributed by atoms with Crippen LogP contribution in [0.1, 0.15) is 49.4 Å². The molecule has 4 heteroatoms. The highest BCUT2D eigenvalue weighted by Gasteiger charge is 2.34. The fraction of sp³-hybridized carbons (Fsp3) is 0.292. The molecule has 0 N–H and O–H groups in total. The van der Waals surface area contributed by atoms with E-state index in [1.54, 1.807) is 6.20 Å². The normalized spacial score (nSPS) is 20.5. The quantitative estimate of drug-likeness (QED) is 0.538. The van der Waals surface area contributed by atoms with Gasteiger partial charge < -0.3 is 0 Å². The van der Waals surface area contributed by atoms with Gasteiger partial charge in [-0.3, -0.25) is 4.98 Å². The van der Waals surface area contributed by atoms with Crippen LogP contribution in [-0.2, 0) is 6.42 Å². The van der Waals surface area contributed by atoms with Gasteiger partial charge in [0.1, 0.15) is 5.52 Å². The van der Waals surface area contributed by atoms with Crippen LogP contribution in [0.4, 0.5) is 0 Å². The maximum absolute atomic E-state index is 4.75. The molecular weight excluding hydrogens is 362 g/mol. The van der Waals surface area contributed by atoms with Crippen LogP contribution in [0.15, 0.2) is 64.7 Å². The first-order chi connectivity index (χ1) is 13.7. The average Bonchev–Trinajstić information content (AvgIpc) is 3.10. The maximum Gasteiger partial charge on any atom is 0.178 e. The van der Waals surface area contributed by atoms with Crippen LogP contribution in [0.25, 0.3) is 16.7 Å². The van der Waals surface area contributed by atoms with Crippen molar-refractivity contribution in [2.75, 3.05) is 0 Å². The third kappa shape index (κ3) is 3.06. The Morgan fingerprint density at radius 2 is 2.07 bits per heavy atom. The van der Waals surface area contributed by atoms with E-state index in [9.17, 15) is 0 Å². The average molecular weight is 386 g/mol. The molecule has 2 aromatic heterocycles. The van der Waals surface area contributed by atoms with Crippen molar-refractivity contribution in [1.82, 2.24) is 15.0 Å². The predicted octanol–water partition coefficient (Wildman–Crippen LogP) is 6.17. The van der Waals surface area contributed by atoms with Gasteiger partial charge in [0.15, 0.2) is 5.65 Å². The minimum Gasteiger partial charge on any atom is -0.251 e. The van der Waals surface area contributed by atoms with Crippen LogP contribution >= 0.6 is 11.8 Å². The zero-order chi connectivity index (χ0) is 19.1. The van der Waals surface area contributed by atoms with Crippen LogP contribution in [0, 0.1) is 5.92 Å². The van der Waals surface area contributed by atoms with Gasteiger partial charge in [-0.15, -0.1) is 0 Å². The van der Waals surface area contributed by atoms with E-state index in [2.05, 4.69) is 54.2 Å². The molecule has 140 valence electrons. The molecule has 2 atom stereocenters. The second-order valence-electron chi connectivity index (χ2n) is 7.68. The molecule has 0 saturated heterocycles. The number of fused-ring (bicyclic) bond motifs is 4. The lowest BCUT2D eigenvalue weighted by Gasteiger charge is -2.24. The number of aromatic nitrogens is 3. The smallest absolute Gasteiger partial charge is 0.178 e. The summed E-state index contributed by atoms with van der Waals surface area (Å²) < 4.78 is 0. The monoisotopic (exact) mass is 385 g/mol. The summed E-state index contributed by atoms with van der Waals surface area (Å²) in [5.41, 5.74) is 6.54. The van der Waals surface area contributed by atoms with E-state index < -0.39 is 0 Å². The van der Waals surface area contributed by atoms with E-state index >= 15 is 0 Å². The number of pyridine rings is 1. The van der Waals surface area contributed by atoms with E-state index in [1.165, 1.54) is 40.2 Å². The Labute approximate surface area is 170 Å². The number of hydrogen-bond acceptors (Lipinski definition) is 4. The first-order valence-electron chi connectivity index (χ1n) is 10.0. The number of aryl methyl sites for hydroxylation is 1. The third-order valence-electron chi connectivity index (χ3n) is 5.65. The third-order valence-corrected chi connectivity index (χ3v) is 6.83. The fourth-order valence-electron chi connectivity index (χ4n) is 4.19. The van der Waals surface area contributed by atoms with Crippen molar-refractivity contribution < 1.29 is 0 Å². The molecule has 1 aliphatic heterocycles. The molecule has 28 heavy (non-hydrogen) atoms. The lowest BCUT2D eigenvalue weighted by Crippen LogP contribution is -2.11. The number of allylic oxidation sites excluding steroid dienone is 4. The maximum atomic E-state index is 4.75. The van der Waals surface area contributed by atoms with Gasteiger partial charge in [0, 0.05) is 17.0 Å². The van der Waals surface area contributed by atoms with E-state index in [4.69, 9.17) is 4.98 Å². The highest BCUT2D eigenvalue weighted by atomic mass is 32.2. The summed E-state index contributed by atoms with van der Waals surface area (Å²) in [5.74, 6) is 0.905. The minimum absolute atomic E-state index is 0.437. The zero-order valence-corrected chi connectivity index (χ0v) is 17.0. The number of benzene rings is 1. The van der Waals surface area contributed by atoms with Gasteiger partial charge in [0.05, 0.1) is 11.9 Å². The van der Waals surface area contributed by atoms with Crippen molar-refractivity contribution >= 4 is 28.5 Å². The first-order valence-corrected chi connectivity index (χ1v) is 10.9. The molecule has 0 bridgehead atoms. The Morgan fingerprint density at radius 1 is 1.14 bits per heavy atom. The van der Waals surface area contributed by atoms with Gasteiger partial charge in [0.2, 0.25) is 0 Å². The summed E-state index contributed by atoms with van der Waals surface area (Å²) in [4.78, 5) is 16.5. The molecular formula is C24H23N3S. The predicted molar refractivity (Wildman–Crippen MR) is 116 cm³/mol. The highest BCUT2D eigenvalue weighted by Crippen LogP contribution is 2.55. The molecule has 3 aromatic rings. The second kappa shape index (κ2) is 7.17. The summed E-state index contributed by atoms with van der Waals surface area (Å²) in [7, 11) is 0. The van der Waals surface area contributed by atoms with Crippen molar-refractivity contribution in [3.05, 3.63) is 76.6 Å². The Kier molecular flexibility index (Phi) is 4.52. The summed E-state index contributed by atoms with van der Waals surface area (Å²) in [6.07, 6.45) is 12.0. The molecule has 5 rings (SSSR count). The van der Waals surface area contributed by atoms with Crippen molar-refractivity contribution in [3.8, 4) is 0 Å². The van der Waals surface area contributed by atoms with E-state index in [0.717, 1.165) is 16.8 Å². The molecule has 0 radical (unpaired) electrons. The zero-order valence-electron chi connectivity index (χ0n) is 16.2. The van der Waals surface area contributed by atoms with E-state index in [1.807, 2.05) is 30.1 Å². The van der Waals surface area contributed by atoms with Crippen LogP contribution in [0.2, 0.25) is 0 Å². The Balaban J connectivity index is 1.48. The number of unbranched alkanes of at least 4 members (excludes halogenated alkanes) is 1. The van der Waals surface area contributed by atoms with Gasteiger partial charge in [0.25, 0.3) is 0 Å².